The standard InChI is InChI=1S/C21H22F3N7O2/c1-33-18-11(6-12(7-25)16(22)14(18)13-8-30(9-13)4-5-32)2-3-31-21-15(17(29-31)19(23)24)20(26)27-10-28-21/h6,10,13,19,32H,2-5,8-9H2,1H3,(H2,26,27,28). The first-order chi connectivity index (χ1) is 15.9. The molecule has 33 heavy (non-hydrogen) atoms. The third-order valence-corrected chi connectivity index (χ3v) is 5.82. The average Bonchev–Trinajstić information content (AvgIpc) is 3.15. The first kappa shape index (κ1) is 22.8. The fourth-order valence-corrected chi connectivity index (χ4v) is 4.26. The zero-order valence-corrected chi connectivity index (χ0v) is 17.8. The minimum atomic E-state index is -2.86. The van der Waals surface area contributed by atoms with Crippen LogP contribution in [0.5, 0.6) is 5.75 Å². The molecule has 0 radical (unpaired) electrons. The van der Waals surface area contributed by atoms with Crippen molar-refractivity contribution < 1.29 is 23.0 Å². The molecule has 12 heteroatoms. The molecule has 3 N–H and O–H groups in total. The van der Waals surface area contributed by atoms with Gasteiger partial charge < -0.3 is 15.6 Å². The molecule has 0 spiro atoms. The Kier molecular flexibility index (Phi) is 6.35. The highest BCUT2D eigenvalue weighted by molar-refractivity contribution is 5.88. The van der Waals surface area contributed by atoms with Crippen molar-refractivity contribution in [2.45, 2.75) is 25.3 Å². The first-order valence-electron chi connectivity index (χ1n) is 10.3. The lowest BCUT2D eigenvalue weighted by Gasteiger charge is -2.40. The van der Waals surface area contributed by atoms with E-state index < -0.39 is 17.9 Å². The van der Waals surface area contributed by atoms with E-state index in [4.69, 9.17) is 15.6 Å². The van der Waals surface area contributed by atoms with Crippen LogP contribution in [0.1, 0.15) is 34.7 Å². The second-order valence-corrected chi connectivity index (χ2v) is 7.75. The average molecular weight is 461 g/mol. The maximum Gasteiger partial charge on any atom is 0.282 e. The minimum Gasteiger partial charge on any atom is -0.496 e. The number of halogens is 3. The molecule has 1 aromatic carbocycles. The smallest absolute Gasteiger partial charge is 0.282 e. The molecule has 4 rings (SSSR count). The van der Waals surface area contributed by atoms with Crippen molar-refractivity contribution in [2.75, 3.05) is 39.1 Å². The first-order valence-corrected chi connectivity index (χ1v) is 10.3. The van der Waals surface area contributed by atoms with Gasteiger partial charge in [0.15, 0.2) is 5.65 Å². The molecule has 0 amide bonds. The summed E-state index contributed by atoms with van der Waals surface area (Å²) in [5, 5.41) is 22.5. The van der Waals surface area contributed by atoms with Gasteiger partial charge >= 0.3 is 0 Å². The molecule has 1 aliphatic rings. The van der Waals surface area contributed by atoms with E-state index in [0.29, 0.717) is 36.5 Å². The molecule has 1 fully saturated rings. The van der Waals surface area contributed by atoms with Crippen molar-refractivity contribution in [3.05, 3.63) is 40.6 Å². The molecule has 174 valence electrons. The van der Waals surface area contributed by atoms with Crippen LogP contribution in [0.2, 0.25) is 0 Å². The number of aryl methyl sites for hydroxylation is 2. The molecule has 0 atom stereocenters. The van der Waals surface area contributed by atoms with E-state index >= 15 is 4.39 Å². The lowest BCUT2D eigenvalue weighted by atomic mass is 9.87. The van der Waals surface area contributed by atoms with Crippen LogP contribution in [-0.4, -0.2) is 63.1 Å². The summed E-state index contributed by atoms with van der Waals surface area (Å²) in [4.78, 5) is 9.79. The molecule has 3 aromatic rings. The Bertz CT molecular complexity index is 1220. The number of hydrogen-bond donors (Lipinski definition) is 2. The highest BCUT2D eigenvalue weighted by atomic mass is 19.3. The Balaban J connectivity index is 1.69. The Morgan fingerprint density at radius 2 is 2.09 bits per heavy atom. The maximum absolute atomic E-state index is 15.1. The Hall–Kier alpha value is -3.43. The summed E-state index contributed by atoms with van der Waals surface area (Å²) in [5.41, 5.74) is 6.17. The fourth-order valence-electron chi connectivity index (χ4n) is 4.26. The third kappa shape index (κ3) is 4.05. The van der Waals surface area contributed by atoms with Crippen molar-refractivity contribution in [1.29, 1.82) is 5.26 Å². The molecular weight excluding hydrogens is 439 g/mol. The number of nitriles is 1. The number of β-amino-alcohol motifs (C(OH)–C–C–N with tert-alkyl or cyclic N) is 1. The molecule has 0 unspecified atom stereocenters. The lowest BCUT2D eigenvalue weighted by molar-refractivity contribution is 0.112. The summed E-state index contributed by atoms with van der Waals surface area (Å²) < 4.78 is 48.9. The van der Waals surface area contributed by atoms with E-state index in [0.717, 1.165) is 0 Å². The lowest BCUT2D eigenvalue weighted by Crippen LogP contribution is -2.46. The number of methoxy groups -OCH3 is 1. The number of nitrogen functional groups attached to an aromatic ring is 1. The number of fused-ring (bicyclic) bond motifs is 1. The number of benzene rings is 1. The number of alkyl halides is 2. The number of hydrogen-bond acceptors (Lipinski definition) is 8. The normalized spacial score (nSPS) is 14.6. The molecule has 0 bridgehead atoms. The van der Waals surface area contributed by atoms with Crippen molar-refractivity contribution in [1.82, 2.24) is 24.6 Å². The summed E-state index contributed by atoms with van der Waals surface area (Å²) in [6.45, 7) is 1.66. The van der Waals surface area contributed by atoms with Crippen LogP contribution in [0.3, 0.4) is 0 Å². The molecule has 0 saturated carbocycles. The Morgan fingerprint density at radius 1 is 1.33 bits per heavy atom. The largest absolute Gasteiger partial charge is 0.496 e. The van der Waals surface area contributed by atoms with Crippen LogP contribution in [0, 0.1) is 17.1 Å². The van der Waals surface area contributed by atoms with Crippen molar-refractivity contribution >= 4 is 16.9 Å². The minimum absolute atomic E-state index is 0.00231. The molecule has 2 aromatic heterocycles. The zero-order chi connectivity index (χ0) is 23.7. The molecule has 1 aliphatic heterocycles. The predicted molar refractivity (Wildman–Crippen MR) is 112 cm³/mol. The monoisotopic (exact) mass is 461 g/mol. The summed E-state index contributed by atoms with van der Waals surface area (Å²) in [6.07, 6.45) is -1.47. The number of aliphatic hydroxyl groups excluding tert-OH is 1. The third-order valence-electron chi connectivity index (χ3n) is 5.82. The van der Waals surface area contributed by atoms with Gasteiger partial charge in [-0.05, 0) is 18.1 Å². The van der Waals surface area contributed by atoms with Gasteiger partial charge in [-0.2, -0.15) is 10.4 Å². The van der Waals surface area contributed by atoms with Gasteiger partial charge in [-0.3, -0.25) is 4.90 Å². The summed E-state index contributed by atoms with van der Waals surface area (Å²) in [6, 6.07) is 3.29. The SMILES string of the molecule is COc1c(CCn2nc(C(F)F)c3c(N)ncnc32)cc(C#N)c(F)c1C1CN(CCO)C1. The van der Waals surface area contributed by atoms with Crippen LogP contribution in [-0.2, 0) is 13.0 Å². The Labute approximate surface area is 187 Å². The van der Waals surface area contributed by atoms with Crippen LogP contribution >= 0.6 is 0 Å². The highest BCUT2D eigenvalue weighted by Gasteiger charge is 2.34. The molecule has 1 saturated heterocycles. The van der Waals surface area contributed by atoms with Gasteiger partial charge in [0.25, 0.3) is 6.43 Å². The number of aliphatic hydroxyl groups is 1. The van der Waals surface area contributed by atoms with Crippen molar-refractivity contribution in [3.63, 3.8) is 0 Å². The van der Waals surface area contributed by atoms with E-state index in [2.05, 4.69) is 15.1 Å². The molecule has 3 heterocycles. The van der Waals surface area contributed by atoms with Gasteiger partial charge in [0, 0.05) is 37.7 Å². The van der Waals surface area contributed by atoms with Gasteiger partial charge in [-0.25, -0.2) is 27.8 Å². The summed E-state index contributed by atoms with van der Waals surface area (Å²) in [7, 11) is 1.42. The zero-order valence-electron chi connectivity index (χ0n) is 17.8. The number of nitrogens with two attached hydrogens (primary N) is 1. The van der Waals surface area contributed by atoms with Crippen molar-refractivity contribution in [2.24, 2.45) is 0 Å². The number of ether oxygens (including phenoxy) is 1. The quantitative estimate of drug-likeness (QED) is 0.522. The van der Waals surface area contributed by atoms with Crippen LogP contribution in [0.4, 0.5) is 19.0 Å². The summed E-state index contributed by atoms with van der Waals surface area (Å²) in [5.74, 6) is -0.592. The number of aromatic nitrogens is 4. The van der Waals surface area contributed by atoms with E-state index in [1.807, 2.05) is 11.0 Å². The van der Waals surface area contributed by atoms with Gasteiger partial charge in [-0.1, -0.05) is 0 Å². The number of likely N-dealkylation sites (tertiary alicyclic amines) is 1. The second-order valence-electron chi connectivity index (χ2n) is 7.75. The fraction of sp³-hybridized carbons (Fsp3) is 0.429. The van der Waals surface area contributed by atoms with Crippen LogP contribution < -0.4 is 10.5 Å². The van der Waals surface area contributed by atoms with Gasteiger partial charge in [0.2, 0.25) is 0 Å². The maximum atomic E-state index is 15.1. The molecule has 0 aliphatic carbocycles. The number of rotatable bonds is 8. The van der Waals surface area contributed by atoms with Crippen LogP contribution in [0.15, 0.2) is 12.4 Å². The van der Waals surface area contributed by atoms with Crippen molar-refractivity contribution in [3.8, 4) is 11.8 Å². The highest BCUT2D eigenvalue weighted by Crippen LogP contribution is 2.39. The second kappa shape index (κ2) is 9.21. The Morgan fingerprint density at radius 3 is 2.73 bits per heavy atom. The summed E-state index contributed by atoms with van der Waals surface area (Å²) >= 11 is 0. The van der Waals surface area contributed by atoms with E-state index in [1.54, 1.807) is 0 Å². The van der Waals surface area contributed by atoms with Gasteiger partial charge in [0.05, 0.1) is 24.7 Å². The van der Waals surface area contributed by atoms with Crippen LogP contribution in [0.25, 0.3) is 11.0 Å². The van der Waals surface area contributed by atoms with Gasteiger partial charge in [0.1, 0.15) is 35.5 Å². The topological polar surface area (TPSA) is 126 Å². The number of nitrogens with zero attached hydrogens (tertiary/aromatic N) is 6. The van der Waals surface area contributed by atoms with E-state index in [9.17, 15) is 14.0 Å². The van der Waals surface area contributed by atoms with E-state index in [1.165, 1.54) is 24.2 Å². The molecule has 9 nitrogen and oxygen atoms in total. The van der Waals surface area contributed by atoms with Gasteiger partial charge in [-0.15, -0.1) is 0 Å². The number of anilines is 1. The van der Waals surface area contributed by atoms with E-state index in [-0.39, 0.29) is 47.9 Å². The predicted octanol–water partition coefficient (Wildman–Crippen LogP) is 2.00. The molecular formula is C21H22F3N7O2.